The zero-order valence-electron chi connectivity index (χ0n) is 13.3. The van der Waals surface area contributed by atoms with Gasteiger partial charge in [0.1, 0.15) is 10.7 Å². The average Bonchev–Trinajstić information content (AvgIpc) is 3.25. The minimum absolute atomic E-state index is 0.0834. The molecule has 0 atom stereocenters. The van der Waals surface area contributed by atoms with Gasteiger partial charge in [-0.25, -0.2) is 4.98 Å². The lowest BCUT2D eigenvalue weighted by molar-refractivity contribution is 0.0933. The number of hydrogen-bond acceptors (Lipinski definition) is 5. The molecule has 3 rings (SSSR count). The normalized spacial score (nSPS) is 14.7. The highest BCUT2D eigenvalue weighted by molar-refractivity contribution is 7.13. The monoisotopic (exact) mass is 332 g/mol. The number of carbonyl (C=O) groups is 1. The lowest BCUT2D eigenvalue weighted by Gasteiger charge is -2.10. The standard InChI is InChI=1S/C17H20N2O3S/c1-21-14-8-7-11(9-15(14)22-2)17-19-13(10-23-17)16(20)18-12-5-3-4-6-12/h7-10,12H,3-6H2,1-2H3,(H,18,20). The van der Waals surface area contributed by atoms with Gasteiger partial charge in [-0.15, -0.1) is 11.3 Å². The molecule has 2 aromatic rings. The van der Waals surface area contributed by atoms with Gasteiger partial charge in [-0.2, -0.15) is 0 Å². The van der Waals surface area contributed by atoms with Crippen LogP contribution in [0.5, 0.6) is 11.5 Å². The Balaban J connectivity index is 1.77. The van der Waals surface area contributed by atoms with E-state index in [0.717, 1.165) is 23.4 Å². The maximum absolute atomic E-state index is 12.3. The molecule has 1 saturated carbocycles. The minimum atomic E-state index is -0.0834. The summed E-state index contributed by atoms with van der Waals surface area (Å²) >= 11 is 1.45. The van der Waals surface area contributed by atoms with Crippen molar-refractivity contribution in [2.45, 2.75) is 31.7 Å². The Morgan fingerprint density at radius 3 is 2.65 bits per heavy atom. The zero-order valence-corrected chi connectivity index (χ0v) is 14.1. The van der Waals surface area contributed by atoms with Crippen molar-refractivity contribution in [3.63, 3.8) is 0 Å². The van der Waals surface area contributed by atoms with E-state index in [4.69, 9.17) is 9.47 Å². The fourth-order valence-corrected chi connectivity index (χ4v) is 3.61. The number of nitrogens with one attached hydrogen (secondary N) is 1. The Kier molecular flexibility index (Phi) is 4.81. The Morgan fingerprint density at radius 1 is 1.22 bits per heavy atom. The van der Waals surface area contributed by atoms with E-state index >= 15 is 0 Å². The van der Waals surface area contributed by atoms with Crippen LogP contribution in [0.15, 0.2) is 23.6 Å². The van der Waals surface area contributed by atoms with E-state index in [1.54, 1.807) is 19.6 Å². The van der Waals surface area contributed by atoms with Crippen molar-refractivity contribution in [1.29, 1.82) is 0 Å². The lowest BCUT2D eigenvalue weighted by Crippen LogP contribution is -2.32. The Morgan fingerprint density at radius 2 is 1.96 bits per heavy atom. The third-order valence-corrected chi connectivity index (χ3v) is 4.95. The summed E-state index contributed by atoms with van der Waals surface area (Å²) in [5, 5.41) is 5.66. The van der Waals surface area contributed by atoms with Gasteiger partial charge >= 0.3 is 0 Å². The largest absolute Gasteiger partial charge is 0.493 e. The summed E-state index contributed by atoms with van der Waals surface area (Å²) in [6.07, 6.45) is 4.52. The molecular weight excluding hydrogens is 312 g/mol. The predicted molar refractivity (Wildman–Crippen MR) is 90.4 cm³/mol. The zero-order chi connectivity index (χ0) is 16.2. The van der Waals surface area contributed by atoms with Crippen LogP contribution in [-0.4, -0.2) is 31.2 Å². The summed E-state index contributed by atoms with van der Waals surface area (Å²) < 4.78 is 10.6. The number of methoxy groups -OCH3 is 2. The first kappa shape index (κ1) is 15.8. The molecule has 0 spiro atoms. The first-order valence-corrected chi connectivity index (χ1v) is 8.58. The van der Waals surface area contributed by atoms with Gasteiger partial charge in [0.2, 0.25) is 0 Å². The number of hydrogen-bond donors (Lipinski definition) is 1. The first-order chi connectivity index (χ1) is 11.2. The molecule has 23 heavy (non-hydrogen) atoms. The third-order valence-electron chi connectivity index (χ3n) is 4.06. The highest BCUT2D eigenvalue weighted by Crippen LogP contribution is 2.33. The smallest absolute Gasteiger partial charge is 0.270 e. The van der Waals surface area contributed by atoms with Gasteiger partial charge < -0.3 is 14.8 Å². The minimum Gasteiger partial charge on any atom is -0.493 e. The number of aromatic nitrogens is 1. The van der Waals surface area contributed by atoms with Crippen molar-refractivity contribution in [2.75, 3.05) is 14.2 Å². The summed E-state index contributed by atoms with van der Waals surface area (Å²) in [4.78, 5) is 16.7. The molecule has 0 radical (unpaired) electrons. The Labute approximate surface area is 139 Å². The number of ether oxygens (including phenoxy) is 2. The molecule has 1 aromatic carbocycles. The second-order valence-electron chi connectivity index (χ2n) is 5.56. The van der Waals surface area contributed by atoms with Gasteiger partial charge in [0.15, 0.2) is 11.5 Å². The van der Waals surface area contributed by atoms with E-state index in [1.807, 2.05) is 18.2 Å². The molecule has 5 nitrogen and oxygen atoms in total. The van der Waals surface area contributed by atoms with Gasteiger partial charge in [-0.3, -0.25) is 4.79 Å². The van der Waals surface area contributed by atoms with Gasteiger partial charge in [0.05, 0.1) is 14.2 Å². The average molecular weight is 332 g/mol. The van der Waals surface area contributed by atoms with E-state index in [-0.39, 0.29) is 5.91 Å². The van der Waals surface area contributed by atoms with Crippen LogP contribution in [0.3, 0.4) is 0 Å². The summed E-state index contributed by atoms with van der Waals surface area (Å²) in [7, 11) is 3.20. The maximum Gasteiger partial charge on any atom is 0.270 e. The lowest BCUT2D eigenvalue weighted by atomic mass is 10.2. The molecule has 1 aromatic heterocycles. The van der Waals surface area contributed by atoms with Gasteiger partial charge in [0.25, 0.3) is 5.91 Å². The SMILES string of the molecule is COc1ccc(-c2nc(C(=O)NC3CCCC3)cs2)cc1OC. The summed E-state index contributed by atoms with van der Waals surface area (Å²) in [6, 6.07) is 5.93. The molecule has 0 aliphatic heterocycles. The fraction of sp³-hybridized carbons (Fsp3) is 0.412. The van der Waals surface area contributed by atoms with Crippen LogP contribution < -0.4 is 14.8 Å². The molecule has 0 saturated heterocycles. The second-order valence-corrected chi connectivity index (χ2v) is 6.42. The van der Waals surface area contributed by atoms with E-state index in [2.05, 4.69) is 10.3 Å². The van der Waals surface area contributed by atoms with Crippen molar-refractivity contribution in [3.8, 4) is 22.1 Å². The molecule has 1 N–H and O–H groups in total. The summed E-state index contributed by atoms with van der Waals surface area (Å²) in [6.45, 7) is 0. The van der Waals surface area contributed by atoms with Gasteiger partial charge in [0, 0.05) is 17.0 Å². The van der Waals surface area contributed by atoms with Crippen LogP contribution in [0.4, 0.5) is 0 Å². The number of amides is 1. The molecule has 1 heterocycles. The first-order valence-electron chi connectivity index (χ1n) is 7.70. The van der Waals surface area contributed by atoms with Crippen molar-refractivity contribution in [3.05, 3.63) is 29.3 Å². The molecular formula is C17H20N2O3S. The van der Waals surface area contributed by atoms with Crippen LogP contribution in [0.2, 0.25) is 0 Å². The number of thiazole rings is 1. The number of benzene rings is 1. The highest BCUT2D eigenvalue weighted by atomic mass is 32.1. The van der Waals surface area contributed by atoms with E-state index in [9.17, 15) is 4.79 Å². The highest BCUT2D eigenvalue weighted by Gasteiger charge is 2.20. The summed E-state index contributed by atoms with van der Waals surface area (Å²) in [5.74, 6) is 1.24. The second kappa shape index (κ2) is 7.00. The number of nitrogens with zero attached hydrogens (tertiary/aromatic N) is 1. The van der Waals surface area contributed by atoms with Crippen LogP contribution in [0.25, 0.3) is 10.6 Å². The van der Waals surface area contributed by atoms with Crippen LogP contribution >= 0.6 is 11.3 Å². The predicted octanol–water partition coefficient (Wildman–Crippen LogP) is 3.50. The molecule has 1 amide bonds. The molecule has 6 heteroatoms. The topological polar surface area (TPSA) is 60.5 Å². The van der Waals surface area contributed by atoms with Crippen molar-refractivity contribution < 1.29 is 14.3 Å². The van der Waals surface area contributed by atoms with E-state index in [1.165, 1.54) is 24.2 Å². The quantitative estimate of drug-likeness (QED) is 0.910. The number of rotatable bonds is 5. The molecule has 1 aliphatic carbocycles. The van der Waals surface area contributed by atoms with Crippen molar-refractivity contribution in [1.82, 2.24) is 10.3 Å². The van der Waals surface area contributed by atoms with E-state index < -0.39 is 0 Å². The van der Waals surface area contributed by atoms with Crippen LogP contribution in [0.1, 0.15) is 36.2 Å². The van der Waals surface area contributed by atoms with Crippen molar-refractivity contribution >= 4 is 17.2 Å². The van der Waals surface area contributed by atoms with Gasteiger partial charge in [-0.05, 0) is 31.0 Å². The molecule has 1 aliphatic rings. The maximum atomic E-state index is 12.3. The van der Waals surface area contributed by atoms with Crippen LogP contribution in [-0.2, 0) is 0 Å². The molecule has 0 unspecified atom stereocenters. The molecule has 122 valence electrons. The number of carbonyl (C=O) groups excluding carboxylic acids is 1. The fourth-order valence-electron chi connectivity index (χ4n) is 2.81. The molecule has 1 fully saturated rings. The Bertz CT molecular complexity index is 693. The molecule has 0 bridgehead atoms. The van der Waals surface area contributed by atoms with Crippen molar-refractivity contribution in [2.24, 2.45) is 0 Å². The summed E-state index contributed by atoms with van der Waals surface area (Å²) in [5.41, 5.74) is 1.39. The Hall–Kier alpha value is -2.08. The van der Waals surface area contributed by atoms with E-state index in [0.29, 0.717) is 23.2 Å². The van der Waals surface area contributed by atoms with Crippen LogP contribution in [0, 0.1) is 0 Å². The third kappa shape index (κ3) is 3.47. The van der Waals surface area contributed by atoms with Gasteiger partial charge in [-0.1, -0.05) is 12.8 Å².